The highest BCUT2D eigenvalue weighted by atomic mass is 35.5. The van der Waals surface area contributed by atoms with Crippen LogP contribution in [-0.4, -0.2) is 40.5 Å². The van der Waals surface area contributed by atoms with Gasteiger partial charge in [0.1, 0.15) is 22.7 Å². The number of amides is 2. The monoisotopic (exact) mass is 620 g/mol. The summed E-state index contributed by atoms with van der Waals surface area (Å²) in [7, 11) is 0. The van der Waals surface area contributed by atoms with E-state index in [2.05, 4.69) is 21.0 Å². The smallest absolute Gasteiger partial charge is 0.417 e. The van der Waals surface area contributed by atoms with Crippen molar-refractivity contribution < 1.29 is 32.6 Å². The SMILES string of the molecule is Cc1nc2c(O)cc(C(=O)NCCc3cc4c(c(-c5ccc(C(F)(F)F)c(Cl)c5)n3)OCC4C)cc2cc1Cl.NC=O. The van der Waals surface area contributed by atoms with E-state index in [4.69, 9.17) is 32.7 Å². The maximum absolute atomic E-state index is 13.2. The summed E-state index contributed by atoms with van der Waals surface area (Å²) in [4.78, 5) is 30.3. The number of aromatic hydroxyl groups is 1. The number of rotatable bonds is 5. The number of fused-ring (bicyclic) bond motifs is 2. The largest absolute Gasteiger partial charge is 0.506 e. The molecule has 0 aliphatic carbocycles. The van der Waals surface area contributed by atoms with Gasteiger partial charge in [-0.3, -0.25) is 9.59 Å². The van der Waals surface area contributed by atoms with E-state index in [9.17, 15) is 23.1 Å². The molecule has 0 spiro atoms. The number of carbonyl (C=O) groups is 2. The number of phenols is 1. The van der Waals surface area contributed by atoms with Gasteiger partial charge in [-0.25, -0.2) is 9.97 Å². The minimum absolute atomic E-state index is 0.0599. The molecule has 13 heteroatoms. The van der Waals surface area contributed by atoms with E-state index in [1.54, 1.807) is 19.1 Å². The molecule has 1 atom stereocenters. The number of phenolic OH excluding ortho intramolecular Hbond substituents is 1. The number of aromatic nitrogens is 2. The average molecular weight is 621 g/mol. The van der Waals surface area contributed by atoms with Gasteiger partial charge in [-0.05, 0) is 43.3 Å². The standard InChI is InChI=1S/C28H22Cl2F3N3O3.CH3NO/c1-13-12-39-26-19(13)11-18(36-25(26)15-3-4-20(22(30)8-15)28(31,32)33)5-6-34-27(38)17-7-16-9-21(29)14(2)35-24(16)23(37)10-17;2-1-3/h3-4,7-11,13,37H,5-6,12H2,1-2H3,(H,34,38);1H,(H2,2,3). The Morgan fingerprint density at radius 3 is 2.55 bits per heavy atom. The Balaban J connectivity index is 0.00000129. The molecule has 1 aliphatic rings. The molecule has 220 valence electrons. The molecule has 5 rings (SSSR count). The number of hydrogen-bond donors (Lipinski definition) is 3. The topological polar surface area (TPSA) is 127 Å². The number of aryl methyl sites for hydroxylation is 1. The second-order valence-electron chi connectivity index (χ2n) is 9.55. The fraction of sp³-hybridized carbons (Fsp3) is 0.241. The molecule has 4 aromatic rings. The fourth-order valence-corrected chi connectivity index (χ4v) is 4.96. The van der Waals surface area contributed by atoms with E-state index in [-0.39, 0.29) is 30.2 Å². The Bertz CT molecular complexity index is 1680. The number of benzene rings is 2. The van der Waals surface area contributed by atoms with E-state index < -0.39 is 22.7 Å². The third kappa shape index (κ3) is 6.52. The summed E-state index contributed by atoms with van der Waals surface area (Å²) in [5.41, 5.74) is 6.71. The number of halogens is 5. The molecule has 2 aromatic heterocycles. The molecule has 3 heterocycles. The minimum Gasteiger partial charge on any atom is -0.506 e. The first kappa shape index (κ1) is 30.9. The van der Waals surface area contributed by atoms with Gasteiger partial charge in [0.05, 0.1) is 27.9 Å². The van der Waals surface area contributed by atoms with E-state index in [1.165, 1.54) is 18.2 Å². The predicted molar refractivity (Wildman–Crippen MR) is 153 cm³/mol. The number of hydrogen-bond acceptors (Lipinski definition) is 6. The second-order valence-corrected chi connectivity index (χ2v) is 10.4. The lowest BCUT2D eigenvalue weighted by atomic mass is 9.99. The molecule has 0 bridgehead atoms. The molecular weight excluding hydrogens is 596 g/mol. The van der Waals surface area contributed by atoms with Crippen molar-refractivity contribution in [3.8, 4) is 22.8 Å². The van der Waals surface area contributed by atoms with Crippen molar-refractivity contribution in [2.45, 2.75) is 32.4 Å². The van der Waals surface area contributed by atoms with Crippen molar-refractivity contribution in [3.63, 3.8) is 0 Å². The normalized spacial score (nSPS) is 14.0. The summed E-state index contributed by atoms with van der Waals surface area (Å²) in [6, 6.07) is 9.96. The third-order valence-corrected chi connectivity index (χ3v) is 7.26. The summed E-state index contributed by atoms with van der Waals surface area (Å²) < 4.78 is 45.4. The van der Waals surface area contributed by atoms with Gasteiger partial charge in [0, 0.05) is 46.7 Å². The number of alkyl halides is 3. The lowest BCUT2D eigenvalue weighted by molar-refractivity contribution is -0.137. The Labute approximate surface area is 248 Å². The van der Waals surface area contributed by atoms with Crippen molar-refractivity contribution in [3.05, 3.63) is 80.6 Å². The molecule has 0 saturated carbocycles. The van der Waals surface area contributed by atoms with E-state index in [0.29, 0.717) is 57.3 Å². The first-order valence-corrected chi connectivity index (χ1v) is 13.4. The number of nitrogens with two attached hydrogens (primary N) is 1. The first-order chi connectivity index (χ1) is 19.8. The molecule has 0 radical (unpaired) electrons. The molecule has 0 fully saturated rings. The summed E-state index contributed by atoms with van der Waals surface area (Å²) in [6.45, 7) is 4.34. The Morgan fingerprint density at radius 1 is 1.17 bits per heavy atom. The number of primary amides is 1. The molecule has 2 aromatic carbocycles. The van der Waals surface area contributed by atoms with Crippen molar-refractivity contribution in [1.29, 1.82) is 0 Å². The van der Waals surface area contributed by atoms with Crippen LogP contribution < -0.4 is 15.8 Å². The van der Waals surface area contributed by atoms with Gasteiger partial charge in [-0.15, -0.1) is 0 Å². The molecule has 4 N–H and O–H groups in total. The molecule has 1 aliphatic heterocycles. The van der Waals surface area contributed by atoms with Crippen molar-refractivity contribution in [2.24, 2.45) is 5.73 Å². The quantitative estimate of drug-likeness (QED) is 0.228. The molecular formula is C29H25Cl2F3N4O4. The van der Waals surface area contributed by atoms with Gasteiger partial charge in [-0.2, -0.15) is 13.2 Å². The molecule has 42 heavy (non-hydrogen) atoms. The fourth-order valence-electron chi connectivity index (χ4n) is 4.51. The molecule has 8 nitrogen and oxygen atoms in total. The predicted octanol–water partition coefficient (Wildman–Crippen LogP) is 6.21. The van der Waals surface area contributed by atoms with E-state index in [1.807, 2.05) is 13.0 Å². The van der Waals surface area contributed by atoms with Crippen LogP contribution in [0.2, 0.25) is 10.0 Å². The van der Waals surface area contributed by atoms with E-state index >= 15 is 0 Å². The Morgan fingerprint density at radius 2 is 1.88 bits per heavy atom. The minimum atomic E-state index is -4.57. The van der Waals surface area contributed by atoms with Gasteiger partial charge < -0.3 is 20.9 Å². The van der Waals surface area contributed by atoms with Gasteiger partial charge >= 0.3 is 6.18 Å². The van der Waals surface area contributed by atoms with Gasteiger partial charge in [-0.1, -0.05) is 36.2 Å². The van der Waals surface area contributed by atoms with Crippen LogP contribution in [0.5, 0.6) is 11.5 Å². The number of ether oxygens (including phenoxy) is 1. The van der Waals surface area contributed by atoms with Crippen LogP contribution in [0.3, 0.4) is 0 Å². The van der Waals surface area contributed by atoms with Gasteiger partial charge in [0.25, 0.3) is 5.91 Å². The van der Waals surface area contributed by atoms with Crippen molar-refractivity contribution in [2.75, 3.05) is 13.2 Å². The maximum atomic E-state index is 13.2. The van der Waals surface area contributed by atoms with Crippen LogP contribution >= 0.6 is 23.2 Å². The van der Waals surface area contributed by atoms with E-state index in [0.717, 1.165) is 11.6 Å². The van der Waals surface area contributed by atoms with Crippen LogP contribution in [0.15, 0.2) is 42.5 Å². The number of carbonyl (C=O) groups excluding carboxylic acids is 2. The highest BCUT2D eigenvalue weighted by Crippen LogP contribution is 2.43. The lowest BCUT2D eigenvalue weighted by Crippen LogP contribution is -2.26. The van der Waals surface area contributed by atoms with Crippen LogP contribution in [0.4, 0.5) is 13.2 Å². The summed E-state index contributed by atoms with van der Waals surface area (Å²) in [5.74, 6) is 0.0351. The molecule has 0 saturated heterocycles. The summed E-state index contributed by atoms with van der Waals surface area (Å²) in [6.07, 6.45) is -3.97. The number of pyridine rings is 2. The maximum Gasteiger partial charge on any atom is 0.417 e. The lowest BCUT2D eigenvalue weighted by Gasteiger charge is -2.14. The number of nitrogens with zero attached hydrogens (tertiary/aromatic N) is 2. The molecule has 1 unspecified atom stereocenters. The zero-order valence-corrected chi connectivity index (χ0v) is 23.9. The highest BCUT2D eigenvalue weighted by molar-refractivity contribution is 6.32. The second kappa shape index (κ2) is 12.4. The van der Waals surface area contributed by atoms with Crippen LogP contribution in [-0.2, 0) is 17.4 Å². The Kier molecular flexibility index (Phi) is 9.12. The Hall–Kier alpha value is -4.09. The summed E-state index contributed by atoms with van der Waals surface area (Å²) in [5, 5.41) is 13.7. The van der Waals surface area contributed by atoms with Crippen molar-refractivity contribution >= 4 is 46.4 Å². The highest BCUT2D eigenvalue weighted by Gasteiger charge is 2.34. The third-order valence-electron chi connectivity index (χ3n) is 6.57. The first-order valence-electron chi connectivity index (χ1n) is 12.6. The van der Waals surface area contributed by atoms with Crippen LogP contribution in [0, 0.1) is 6.92 Å². The molecule has 2 amide bonds. The van der Waals surface area contributed by atoms with Gasteiger partial charge in [0.2, 0.25) is 6.41 Å². The van der Waals surface area contributed by atoms with Crippen LogP contribution in [0.1, 0.15) is 45.7 Å². The average Bonchev–Trinajstić information content (AvgIpc) is 3.29. The number of nitrogens with one attached hydrogen (secondary N) is 1. The zero-order chi connectivity index (χ0) is 30.8. The van der Waals surface area contributed by atoms with Crippen molar-refractivity contribution in [1.82, 2.24) is 15.3 Å². The zero-order valence-electron chi connectivity index (χ0n) is 22.4. The van der Waals surface area contributed by atoms with Crippen LogP contribution in [0.25, 0.3) is 22.2 Å². The summed E-state index contributed by atoms with van der Waals surface area (Å²) >= 11 is 12.1. The van der Waals surface area contributed by atoms with Gasteiger partial charge in [0.15, 0.2) is 0 Å².